The van der Waals surface area contributed by atoms with Gasteiger partial charge in [0.25, 0.3) is 0 Å². The molecule has 154 valence electrons. The van der Waals surface area contributed by atoms with Crippen molar-refractivity contribution in [3.8, 4) is 11.4 Å². The molecule has 10 heteroatoms. The zero-order valence-corrected chi connectivity index (χ0v) is 17.3. The van der Waals surface area contributed by atoms with Crippen molar-refractivity contribution in [3.63, 3.8) is 0 Å². The van der Waals surface area contributed by atoms with E-state index < -0.39 is 5.82 Å². The Balaban J connectivity index is 1.69. The highest BCUT2D eigenvalue weighted by Crippen LogP contribution is 2.29. The molecule has 4 aromatic rings. The Morgan fingerprint density at radius 2 is 1.68 bits per heavy atom. The molecule has 0 aliphatic rings. The molecule has 0 radical (unpaired) electrons. The molecule has 0 spiro atoms. The second-order valence-corrected chi connectivity index (χ2v) is 6.97. The van der Waals surface area contributed by atoms with Crippen LogP contribution in [0.4, 0.5) is 22.0 Å². The summed E-state index contributed by atoms with van der Waals surface area (Å²) in [6.07, 6.45) is 3.12. The van der Waals surface area contributed by atoms with E-state index in [2.05, 4.69) is 35.8 Å². The second kappa shape index (κ2) is 9.46. The highest BCUT2D eigenvalue weighted by Gasteiger charge is 2.16. The van der Waals surface area contributed by atoms with Gasteiger partial charge in [-0.2, -0.15) is 20.1 Å². The number of hydrazone groups is 1. The summed E-state index contributed by atoms with van der Waals surface area (Å²) in [5, 5.41) is 7.64. The maximum atomic E-state index is 14.5. The van der Waals surface area contributed by atoms with Gasteiger partial charge in [0.15, 0.2) is 5.82 Å². The number of nitrogens with one attached hydrogen (secondary N) is 2. The largest absolute Gasteiger partial charge is 0.323 e. The molecule has 0 bridgehead atoms. The van der Waals surface area contributed by atoms with Gasteiger partial charge in [-0.05, 0) is 29.8 Å². The van der Waals surface area contributed by atoms with Crippen LogP contribution in [0.25, 0.3) is 11.4 Å². The number of halogens is 3. The first kappa shape index (κ1) is 20.6. The third kappa shape index (κ3) is 5.30. The van der Waals surface area contributed by atoms with E-state index in [1.807, 2.05) is 30.3 Å². The molecule has 0 fully saturated rings. The number of hydrogen-bond acceptors (Lipinski definition) is 7. The van der Waals surface area contributed by atoms with Crippen molar-refractivity contribution in [2.45, 2.75) is 0 Å². The van der Waals surface area contributed by atoms with Crippen LogP contribution in [-0.2, 0) is 0 Å². The predicted molar refractivity (Wildman–Crippen MR) is 120 cm³/mol. The molecule has 31 heavy (non-hydrogen) atoms. The zero-order valence-electron chi connectivity index (χ0n) is 15.8. The highest BCUT2D eigenvalue weighted by atomic mass is 35.5. The molecule has 0 amide bonds. The molecule has 0 saturated carbocycles. The first-order chi connectivity index (χ1) is 15.1. The van der Waals surface area contributed by atoms with Crippen molar-refractivity contribution in [1.29, 1.82) is 0 Å². The quantitative estimate of drug-likeness (QED) is 0.225. The summed E-state index contributed by atoms with van der Waals surface area (Å²) in [7, 11) is 0. The van der Waals surface area contributed by atoms with Crippen LogP contribution in [0.2, 0.25) is 10.2 Å². The van der Waals surface area contributed by atoms with Crippen molar-refractivity contribution in [1.82, 2.24) is 19.9 Å². The van der Waals surface area contributed by atoms with Crippen LogP contribution >= 0.6 is 23.2 Å². The number of aromatic nitrogens is 4. The van der Waals surface area contributed by atoms with E-state index in [0.717, 1.165) is 5.56 Å². The first-order valence-corrected chi connectivity index (χ1v) is 9.77. The fourth-order valence-corrected chi connectivity index (χ4v) is 2.95. The van der Waals surface area contributed by atoms with E-state index in [1.54, 1.807) is 24.4 Å². The molecule has 2 aromatic carbocycles. The number of rotatable bonds is 6. The molecule has 2 heterocycles. The lowest BCUT2D eigenvalue weighted by molar-refractivity contribution is 0.630. The lowest BCUT2D eigenvalue weighted by Crippen LogP contribution is -2.06. The van der Waals surface area contributed by atoms with Gasteiger partial charge in [-0.3, -0.25) is 0 Å². The predicted octanol–water partition coefficient (Wildman–Crippen LogP) is 5.57. The van der Waals surface area contributed by atoms with Gasteiger partial charge in [0.2, 0.25) is 11.9 Å². The zero-order chi connectivity index (χ0) is 21.6. The van der Waals surface area contributed by atoms with Crippen LogP contribution in [0, 0.1) is 5.82 Å². The molecule has 0 atom stereocenters. The van der Waals surface area contributed by atoms with Crippen molar-refractivity contribution < 1.29 is 4.39 Å². The number of hydrogen-bond donors (Lipinski definition) is 2. The van der Waals surface area contributed by atoms with Gasteiger partial charge in [-0.15, -0.1) is 0 Å². The molecule has 7 nitrogen and oxygen atoms in total. The van der Waals surface area contributed by atoms with Crippen LogP contribution in [0.3, 0.4) is 0 Å². The van der Waals surface area contributed by atoms with Gasteiger partial charge in [0.1, 0.15) is 11.0 Å². The normalized spacial score (nSPS) is 10.9. The standard InChI is InChI=1S/C21H14Cl2FN7/c22-15-7-4-8-16(24)18(15)19-28-20(27-14-9-10-17(23)25-12-14)30-21(29-19)31-26-11-13-5-2-1-3-6-13/h1-12H,(H2,27,28,29,30,31). The Morgan fingerprint density at radius 1 is 0.871 bits per heavy atom. The van der Waals surface area contributed by atoms with Crippen LogP contribution in [0.15, 0.2) is 72.0 Å². The van der Waals surface area contributed by atoms with E-state index >= 15 is 0 Å². The number of benzene rings is 2. The molecular formula is C21H14Cl2FN7. The highest BCUT2D eigenvalue weighted by molar-refractivity contribution is 6.33. The van der Waals surface area contributed by atoms with Gasteiger partial charge < -0.3 is 5.32 Å². The van der Waals surface area contributed by atoms with Crippen LogP contribution in [0.1, 0.15) is 5.56 Å². The smallest absolute Gasteiger partial charge is 0.248 e. The maximum absolute atomic E-state index is 14.5. The monoisotopic (exact) mass is 453 g/mol. The minimum absolute atomic E-state index is 0.0416. The van der Waals surface area contributed by atoms with E-state index in [0.29, 0.717) is 10.8 Å². The Labute approximate surface area is 187 Å². The summed E-state index contributed by atoms with van der Waals surface area (Å²) in [5.41, 5.74) is 4.26. The van der Waals surface area contributed by atoms with Gasteiger partial charge in [-0.25, -0.2) is 14.8 Å². The molecular weight excluding hydrogens is 440 g/mol. The average Bonchev–Trinajstić information content (AvgIpc) is 2.76. The fourth-order valence-electron chi connectivity index (χ4n) is 2.59. The molecule has 0 aliphatic carbocycles. The first-order valence-electron chi connectivity index (χ1n) is 9.01. The Morgan fingerprint density at radius 3 is 2.42 bits per heavy atom. The second-order valence-electron chi connectivity index (χ2n) is 6.18. The maximum Gasteiger partial charge on any atom is 0.248 e. The molecule has 2 N–H and O–H groups in total. The van der Waals surface area contributed by atoms with Crippen LogP contribution in [-0.4, -0.2) is 26.2 Å². The SMILES string of the molecule is Fc1cccc(Cl)c1-c1nc(NN=Cc2ccccc2)nc(Nc2ccc(Cl)nc2)n1. The average molecular weight is 454 g/mol. The Bertz CT molecular complexity index is 1200. The van der Waals surface area contributed by atoms with E-state index in [-0.39, 0.29) is 28.3 Å². The van der Waals surface area contributed by atoms with Gasteiger partial charge >= 0.3 is 0 Å². The number of nitrogens with zero attached hydrogens (tertiary/aromatic N) is 5. The molecule has 2 aromatic heterocycles. The fraction of sp³-hybridized carbons (Fsp3) is 0. The van der Waals surface area contributed by atoms with Crippen LogP contribution < -0.4 is 10.7 Å². The summed E-state index contributed by atoms with van der Waals surface area (Å²) in [5.74, 6) is -0.275. The summed E-state index contributed by atoms with van der Waals surface area (Å²) in [6, 6.07) is 17.1. The van der Waals surface area contributed by atoms with Gasteiger partial charge in [0, 0.05) is 0 Å². The van der Waals surface area contributed by atoms with E-state index in [1.165, 1.54) is 18.3 Å². The summed E-state index contributed by atoms with van der Waals surface area (Å²) >= 11 is 12.0. The van der Waals surface area contributed by atoms with E-state index in [9.17, 15) is 4.39 Å². The summed E-state index contributed by atoms with van der Waals surface area (Å²) in [6.45, 7) is 0. The van der Waals surface area contributed by atoms with Gasteiger partial charge in [-0.1, -0.05) is 59.6 Å². The van der Waals surface area contributed by atoms with Crippen LogP contribution in [0.5, 0.6) is 0 Å². The topological polar surface area (TPSA) is 88.0 Å². The van der Waals surface area contributed by atoms with Gasteiger partial charge in [0.05, 0.1) is 28.7 Å². The lowest BCUT2D eigenvalue weighted by atomic mass is 10.2. The Hall–Kier alpha value is -3.62. The van der Waals surface area contributed by atoms with Crippen molar-refractivity contribution in [2.24, 2.45) is 5.10 Å². The van der Waals surface area contributed by atoms with Crippen molar-refractivity contribution in [2.75, 3.05) is 10.7 Å². The third-order valence-electron chi connectivity index (χ3n) is 3.98. The van der Waals surface area contributed by atoms with Crippen molar-refractivity contribution in [3.05, 3.63) is 88.4 Å². The molecule has 0 aliphatic heterocycles. The Kier molecular flexibility index (Phi) is 6.30. The minimum atomic E-state index is -0.559. The summed E-state index contributed by atoms with van der Waals surface area (Å²) < 4.78 is 14.5. The third-order valence-corrected chi connectivity index (χ3v) is 4.52. The number of pyridine rings is 1. The molecule has 4 rings (SSSR count). The molecule has 0 saturated heterocycles. The van der Waals surface area contributed by atoms with E-state index in [4.69, 9.17) is 23.2 Å². The summed E-state index contributed by atoms with van der Waals surface area (Å²) in [4.78, 5) is 16.8. The number of anilines is 3. The van der Waals surface area contributed by atoms with Crippen molar-refractivity contribution >= 4 is 47.0 Å². The molecule has 0 unspecified atom stereocenters. The lowest BCUT2D eigenvalue weighted by Gasteiger charge is -2.10. The minimum Gasteiger partial charge on any atom is -0.323 e.